The summed E-state index contributed by atoms with van der Waals surface area (Å²) in [4.78, 5) is 2.15. The van der Waals surface area contributed by atoms with E-state index in [-0.39, 0.29) is 16.8 Å². The van der Waals surface area contributed by atoms with Crippen molar-refractivity contribution < 1.29 is 8.78 Å². The number of hydrogen-bond acceptors (Lipinski definition) is 2. The third-order valence-corrected chi connectivity index (χ3v) is 3.04. The Bertz CT molecular complexity index is 375. The van der Waals surface area contributed by atoms with Crippen molar-refractivity contribution in [3.05, 3.63) is 28.8 Å². The number of halogens is 3. The van der Waals surface area contributed by atoms with Gasteiger partial charge in [0.25, 0.3) is 0 Å². The van der Waals surface area contributed by atoms with Crippen LogP contribution in [0, 0.1) is 11.6 Å². The molecule has 1 N–H and O–H groups in total. The standard InChI is InChI=1S/C11H13ClF2N2/c1-16-3-2-8(6-16)15-11-9(12)4-7(13)5-10(11)14/h4-5,8,15H,2-3,6H2,1H3. The number of likely N-dealkylation sites (tertiary alicyclic amines) is 1. The molecule has 0 radical (unpaired) electrons. The maximum Gasteiger partial charge on any atom is 0.150 e. The highest BCUT2D eigenvalue weighted by Gasteiger charge is 2.21. The van der Waals surface area contributed by atoms with E-state index in [1.165, 1.54) is 0 Å². The van der Waals surface area contributed by atoms with Gasteiger partial charge in [-0.05, 0) is 26.1 Å². The van der Waals surface area contributed by atoms with Gasteiger partial charge in [-0.2, -0.15) is 0 Å². The molecule has 0 amide bonds. The molecule has 0 aliphatic carbocycles. The minimum atomic E-state index is -0.656. The van der Waals surface area contributed by atoms with E-state index in [2.05, 4.69) is 10.2 Å². The van der Waals surface area contributed by atoms with Gasteiger partial charge in [0.05, 0.1) is 10.7 Å². The zero-order chi connectivity index (χ0) is 11.7. The van der Waals surface area contributed by atoms with Gasteiger partial charge >= 0.3 is 0 Å². The smallest absolute Gasteiger partial charge is 0.150 e. The molecule has 88 valence electrons. The number of benzene rings is 1. The maximum atomic E-state index is 13.5. The molecule has 1 unspecified atom stereocenters. The van der Waals surface area contributed by atoms with Crippen LogP contribution in [0.2, 0.25) is 5.02 Å². The molecule has 1 heterocycles. The predicted octanol–water partition coefficient (Wildman–Crippen LogP) is 2.73. The van der Waals surface area contributed by atoms with E-state index in [1.807, 2.05) is 7.05 Å². The van der Waals surface area contributed by atoms with Crippen LogP contribution in [0.15, 0.2) is 12.1 Å². The third-order valence-electron chi connectivity index (χ3n) is 2.75. The summed E-state index contributed by atoms with van der Waals surface area (Å²) in [6.07, 6.45) is 0.934. The zero-order valence-corrected chi connectivity index (χ0v) is 9.69. The van der Waals surface area contributed by atoms with Crippen molar-refractivity contribution in [1.29, 1.82) is 0 Å². The monoisotopic (exact) mass is 246 g/mol. The highest BCUT2D eigenvalue weighted by atomic mass is 35.5. The Morgan fingerprint density at radius 3 is 2.75 bits per heavy atom. The number of likely N-dealkylation sites (N-methyl/N-ethyl adjacent to an activating group) is 1. The van der Waals surface area contributed by atoms with Crippen LogP contribution in [0.4, 0.5) is 14.5 Å². The first kappa shape index (κ1) is 11.6. The van der Waals surface area contributed by atoms with Crippen molar-refractivity contribution >= 4 is 17.3 Å². The molecule has 5 heteroatoms. The van der Waals surface area contributed by atoms with E-state index in [0.29, 0.717) is 0 Å². The van der Waals surface area contributed by atoms with E-state index >= 15 is 0 Å². The molecule has 2 rings (SSSR count). The Kier molecular flexibility index (Phi) is 3.30. The maximum absolute atomic E-state index is 13.5. The molecule has 2 nitrogen and oxygen atoms in total. The molecule has 1 atom stereocenters. The first-order valence-corrected chi connectivity index (χ1v) is 5.53. The van der Waals surface area contributed by atoms with E-state index in [9.17, 15) is 8.78 Å². The van der Waals surface area contributed by atoms with Crippen molar-refractivity contribution in [2.24, 2.45) is 0 Å². The second-order valence-electron chi connectivity index (χ2n) is 4.14. The summed E-state index contributed by atoms with van der Waals surface area (Å²) in [5, 5.41) is 3.11. The normalized spacial score (nSPS) is 21.4. The Balaban J connectivity index is 2.15. The summed E-state index contributed by atoms with van der Waals surface area (Å²) in [6, 6.07) is 2.13. The average Bonchev–Trinajstić information content (AvgIpc) is 2.58. The Morgan fingerprint density at radius 2 is 2.19 bits per heavy atom. The lowest BCUT2D eigenvalue weighted by Crippen LogP contribution is -2.24. The first-order valence-electron chi connectivity index (χ1n) is 5.16. The second kappa shape index (κ2) is 4.55. The van der Waals surface area contributed by atoms with Gasteiger partial charge in [0.15, 0.2) is 5.82 Å². The van der Waals surface area contributed by atoms with Gasteiger partial charge in [0, 0.05) is 18.7 Å². The van der Waals surface area contributed by atoms with Crippen molar-refractivity contribution in [3.8, 4) is 0 Å². The van der Waals surface area contributed by atoms with Crippen LogP contribution < -0.4 is 5.32 Å². The van der Waals surface area contributed by atoms with Gasteiger partial charge in [-0.15, -0.1) is 0 Å². The SMILES string of the molecule is CN1CCC(Nc2c(F)cc(F)cc2Cl)C1. The lowest BCUT2D eigenvalue weighted by Gasteiger charge is -2.16. The van der Waals surface area contributed by atoms with Gasteiger partial charge in [0.1, 0.15) is 5.82 Å². The zero-order valence-electron chi connectivity index (χ0n) is 8.93. The van der Waals surface area contributed by atoms with Crippen LogP contribution >= 0.6 is 11.6 Å². The van der Waals surface area contributed by atoms with Crippen molar-refractivity contribution in [2.45, 2.75) is 12.5 Å². The van der Waals surface area contributed by atoms with Crippen LogP contribution in [0.5, 0.6) is 0 Å². The fourth-order valence-electron chi connectivity index (χ4n) is 1.94. The van der Waals surface area contributed by atoms with Crippen LogP contribution in [-0.4, -0.2) is 31.1 Å². The predicted molar refractivity (Wildman–Crippen MR) is 60.9 cm³/mol. The number of nitrogens with one attached hydrogen (secondary N) is 1. The number of nitrogens with zero attached hydrogens (tertiary/aromatic N) is 1. The van der Waals surface area contributed by atoms with Gasteiger partial charge in [-0.25, -0.2) is 8.78 Å². The molecular formula is C11H13ClF2N2. The number of anilines is 1. The molecule has 1 aromatic carbocycles. The fourth-order valence-corrected chi connectivity index (χ4v) is 2.19. The van der Waals surface area contributed by atoms with Gasteiger partial charge < -0.3 is 10.2 Å². The molecule has 1 saturated heterocycles. The summed E-state index contributed by atoms with van der Waals surface area (Å²) in [5.41, 5.74) is 0.198. The molecule has 0 saturated carbocycles. The number of hydrogen-bond donors (Lipinski definition) is 1. The molecule has 1 aliphatic rings. The molecular weight excluding hydrogens is 234 g/mol. The average molecular weight is 247 g/mol. The molecule has 0 aromatic heterocycles. The van der Waals surface area contributed by atoms with Gasteiger partial charge in [-0.1, -0.05) is 11.6 Å². The van der Waals surface area contributed by atoms with Crippen molar-refractivity contribution in [1.82, 2.24) is 4.90 Å². The van der Waals surface area contributed by atoms with E-state index in [0.717, 1.165) is 31.6 Å². The minimum Gasteiger partial charge on any atom is -0.377 e. The highest BCUT2D eigenvalue weighted by molar-refractivity contribution is 6.33. The number of rotatable bonds is 2. The molecule has 16 heavy (non-hydrogen) atoms. The van der Waals surface area contributed by atoms with Crippen LogP contribution in [0.1, 0.15) is 6.42 Å². The van der Waals surface area contributed by atoms with E-state index in [1.54, 1.807) is 0 Å². The Labute approximate surface area is 98.2 Å². The molecule has 1 fully saturated rings. The summed E-state index contributed by atoms with van der Waals surface area (Å²) >= 11 is 5.79. The van der Waals surface area contributed by atoms with Crippen LogP contribution in [0.25, 0.3) is 0 Å². The van der Waals surface area contributed by atoms with Crippen molar-refractivity contribution in [2.75, 3.05) is 25.5 Å². The molecule has 1 aliphatic heterocycles. The first-order chi connectivity index (χ1) is 7.56. The Morgan fingerprint density at radius 1 is 1.44 bits per heavy atom. The van der Waals surface area contributed by atoms with Gasteiger partial charge in [0.2, 0.25) is 0 Å². The van der Waals surface area contributed by atoms with E-state index in [4.69, 9.17) is 11.6 Å². The molecule has 1 aromatic rings. The summed E-state index contributed by atoms with van der Waals surface area (Å²) in [5.74, 6) is -1.30. The largest absolute Gasteiger partial charge is 0.377 e. The van der Waals surface area contributed by atoms with Crippen molar-refractivity contribution in [3.63, 3.8) is 0 Å². The topological polar surface area (TPSA) is 15.3 Å². The summed E-state index contributed by atoms with van der Waals surface area (Å²) in [6.45, 7) is 1.81. The van der Waals surface area contributed by atoms with Crippen LogP contribution in [-0.2, 0) is 0 Å². The fraction of sp³-hybridized carbons (Fsp3) is 0.455. The van der Waals surface area contributed by atoms with Crippen LogP contribution in [0.3, 0.4) is 0 Å². The minimum absolute atomic E-state index is 0.0899. The molecule has 0 bridgehead atoms. The third kappa shape index (κ3) is 2.44. The second-order valence-corrected chi connectivity index (χ2v) is 4.54. The van der Waals surface area contributed by atoms with Gasteiger partial charge in [-0.3, -0.25) is 0 Å². The quantitative estimate of drug-likeness (QED) is 0.863. The summed E-state index contributed by atoms with van der Waals surface area (Å²) in [7, 11) is 2.00. The highest BCUT2D eigenvalue weighted by Crippen LogP contribution is 2.28. The Hall–Kier alpha value is -0.870. The van der Waals surface area contributed by atoms with E-state index < -0.39 is 11.6 Å². The molecule has 0 spiro atoms. The lowest BCUT2D eigenvalue weighted by molar-refractivity contribution is 0.414. The summed E-state index contributed by atoms with van der Waals surface area (Å²) < 4.78 is 26.3. The lowest BCUT2D eigenvalue weighted by atomic mass is 10.2.